The van der Waals surface area contributed by atoms with Crippen molar-refractivity contribution in [1.29, 1.82) is 0 Å². The third-order valence-electron chi connectivity index (χ3n) is 2.73. The third-order valence-corrected chi connectivity index (χ3v) is 5.30. The number of hydrogen-bond donors (Lipinski definition) is 1. The second-order valence-electron chi connectivity index (χ2n) is 4.10. The molecule has 0 bridgehead atoms. The lowest BCUT2D eigenvalue weighted by atomic mass is 10.2. The van der Waals surface area contributed by atoms with Crippen LogP contribution in [0.2, 0.25) is 15.1 Å². The molecule has 18 heavy (non-hydrogen) atoms. The van der Waals surface area contributed by atoms with Crippen molar-refractivity contribution in [2.75, 3.05) is 12.8 Å². The minimum absolute atomic E-state index is 0.183. The lowest BCUT2D eigenvalue weighted by Gasteiger charge is -2.11. The summed E-state index contributed by atoms with van der Waals surface area (Å²) in [5, 5.41) is 5.01. The summed E-state index contributed by atoms with van der Waals surface area (Å²) in [6.07, 6.45) is 2.56. The predicted octanol–water partition coefficient (Wildman–Crippen LogP) is 3.89. The highest BCUT2D eigenvalue weighted by Gasteiger charge is 2.10. The molecule has 0 spiro atoms. The van der Waals surface area contributed by atoms with E-state index >= 15 is 0 Å². The Kier molecular flexibility index (Phi) is 6.96. The van der Waals surface area contributed by atoms with Gasteiger partial charge in [0.1, 0.15) is 0 Å². The van der Waals surface area contributed by atoms with Crippen molar-refractivity contribution in [2.45, 2.75) is 25.1 Å². The highest BCUT2D eigenvalue weighted by Crippen LogP contribution is 2.31. The molecular formula is C12H16Cl3NOS. The molecule has 0 saturated carbocycles. The van der Waals surface area contributed by atoms with Gasteiger partial charge in [-0.1, -0.05) is 41.7 Å². The summed E-state index contributed by atoms with van der Waals surface area (Å²) in [5.41, 5.74) is 0.802. The molecule has 1 N–H and O–H groups in total. The number of halogens is 3. The topological polar surface area (TPSA) is 29.1 Å². The smallest absolute Gasteiger partial charge is 0.0652 e. The van der Waals surface area contributed by atoms with E-state index in [1.807, 2.05) is 6.92 Å². The van der Waals surface area contributed by atoms with Gasteiger partial charge in [-0.25, -0.2) is 0 Å². The van der Waals surface area contributed by atoms with Gasteiger partial charge in [0.25, 0.3) is 0 Å². The molecule has 0 aromatic heterocycles. The molecular weight excluding hydrogens is 313 g/mol. The van der Waals surface area contributed by atoms with Crippen molar-refractivity contribution in [3.63, 3.8) is 0 Å². The van der Waals surface area contributed by atoms with Gasteiger partial charge in [0.15, 0.2) is 0 Å². The Hall–Kier alpha value is 0.200. The average Bonchev–Trinajstić information content (AvgIpc) is 2.32. The summed E-state index contributed by atoms with van der Waals surface area (Å²) >= 11 is 18.1. The van der Waals surface area contributed by atoms with Crippen molar-refractivity contribution in [1.82, 2.24) is 5.32 Å². The van der Waals surface area contributed by atoms with Gasteiger partial charge in [-0.05, 0) is 25.1 Å². The normalized spacial score (nSPS) is 14.5. The van der Waals surface area contributed by atoms with Crippen LogP contribution in [-0.4, -0.2) is 22.3 Å². The summed E-state index contributed by atoms with van der Waals surface area (Å²) in [7, 11) is -0.784. The van der Waals surface area contributed by atoms with Crippen LogP contribution in [0.4, 0.5) is 0 Å². The highest BCUT2D eigenvalue weighted by molar-refractivity contribution is 7.84. The molecule has 1 aromatic rings. The van der Waals surface area contributed by atoms with Gasteiger partial charge in [0.2, 0.25) is 0 Å². The molecule has 0 fully saturated rings. The second-order valence-corrected chi connectivity index (χ2v) is 7.09. The molecule has 0 amide bonds. The van der Waals surface area contributed by atoms with E-state index < -0.39 is 10.8 Å². The standard InChI is InChI=1S/C12H16Cl3NOS/c1-8(18(2)17)5-6-16-7-9-10(13)3-4-11(14)12(9)15/h3-4,8,16H,5-7H2,1-2H3. The quantitative estimate of drug-likeness (QED) is 0.634. The summed E-state index contributed by atoms with van der Waals surface area (Å²) < 4.78 is 11.2. The average molecular weight is 329 g/mol. The number of benzene rings is 1. The van der Waals surface area contributed by atoms with Crippen molar-refractivity contribution < 1.29 is 4.21 Å². The number of hydrogen-bond acceptors (Lipinski definition) is 2. The van der Waals surface area contributed by atoms with E-state index in [-0.39, 0.29) is 5.25 Å². The van der Waals surface area contributed by atoms with Crippen LogP contribution in [0.15, 0.2) is 12.1 Å². The Balaban J connectivity index is 2.50. The van der Waals surface area contributed by atoms with Crippen molar-refractivity contribution in [3.05, 3.63) is 32.8 Å². The lowest BCUT2D eigenvalue weighted by molar-refractivity contribution is 0.629. The molecule has 6 heteroatoms. The van der Waals surface area contributed by atoms with Gasteiger partial charge >= 0.3 is 0 Å². The Labute approximate surface area is 125 Å². The molecule has 0 aliphatic rings. The zero-order valence-corrected chi connectivity index (χ0v) is 13.4. The molecule has 1 rings (SSSR count). The fourth-order valence-electron chi connectivity index (χ4n) is 1.42. The minimum Gasteiger partial charge on any atom is -0.313 e. The summed E-state index contributed by atoms with van der Waals surface area (Å²) in [6, 6.07) is 3.41. The Morgan fingerprint density at radius 3 is 2.50 bits per heavy atom. The first-order valence-corrected chi connectivity index (χ1v) is 8.34. The first-order chi connectivity index (χ1) is 8.43. The zero-order chi connectivity index (χ0) is 13.7. The molecule has 102 valence electrons. The van der Waals surface area contributed by atoms with Gasteiger partial charge in [-0.2, -0.15) is 0 Å². The van der Waals surface area contributed by atoms with Gasteiger partial charge in [-0.3, -0.25) is 4.21 Å². The number of nitrogens with one attached hydrogen (secondary N) is 1. The lowest BCUT2D eigenvalue weighted by Crippen LogP contribution is -2.21. The van der Waals surface area contributed by atoms with E-state index in [9.17, 15) is 4.21 Å². The maximum atomic E-state index is 11.2. The second kappa shape index (κ2) is 7.71. The first kappa shape index (κ1) is 16.3. The van der Waals surface area contributed by atoms with Crippen LogP contribution in [0.25, 0.3) is 0 Å². The SMILES string of the molecule is CC(CCNCc1c(Cl)ccc(Cl)c1Cl)S(C)=O. The molecule has 2 nitrogen and oxygen atoms in total. The van der Waals surface area contributed by atoms with E-state index in [0.29, 0.717) is 21.6 Å². The molecule has 0 aliphatic heterocycles. The first-order valence-electron chi connectivity index (χ1n) is 5.58. The van der Waals surface area contributed by atoms with E-state index in [0.717, 1.165) is 18.5 Å². The maximum absolute atomic E-state index is 11.2. The van der Waals surface area contributed by atoms with Gasteiger partial charge in [0.05, 0.1) is 10.0 Å². The van der Waals surface area contributed by atoms with Crippen LogP contribution in [-0.2, 0) is 17.3 Å². The van der Waals surface area contributed by atoms with E-state index in [4.69, 9.17) is 34.8 Å². The monoisotopic (exact) mass is 327 g/mol. The van der Waals surface area contributed by atoms with Gasteiger partial charge in [-0.15, -0.1) is 0 Å². The van der Waals surface area contributed by atoms with Crippen LogP contribution >= 0.6 is 34.8 Å². The largest absolute Gasteiger partial charge is 0.313 e. The van der Waals surface area contributed by atoms with Crippen LogP contribution in [0, 0.1) is 0 Å². The summed E-state index contributed by atoms with van der Waals surface area (Å²) in [5.74, 6) is 0. The Morgan fingerprint density at radius 1 is 1.28 bits per heavy atom. The van der Waals surface area contributed by atoms with Crippen LogP contribution < -0.4 is 5.32 Å². The van der Waals surface area contributed by atoms with Crippen molar-refractivity contribution in [2.24, 2.45) is 0 Å². The Morgan fingerprint density at radius 2 is 1.89 bits per heavy atom. The molecule has 0 heterocycles. The third kappa shape index (κ3) is 4.71. The zero-order valence-electron chi connectivity index (χ0n) is 10.3. The van der Waals surface area contributed by atoms with Crippen molar-refractivity contribution in [3.8, 4) is 0 Å². The van der Waals surface area contributed by atoms with Crippen LogP contribution in [0.3, 0.4) is 0 Å². The van der Waals surface area contributed by atoms with E-state index in [1.54, 1.807) is 18.4 Å². The Bertz CT molecular complexity index is 440. The summed E-state index contributed by atoms with van der Waals surface area (Å²) in [4.78, 5) is 0. The molecule has 1 aromatic carbocycles. The van der Waals surface area contributed by atoms with Crippen molar-refractivity contribution >= 4 is 45.6 Å². The molecule has 0 radical (unpaired) electrons. The number of rotatable bonds is 6. The van der Waals surface area contributed by atoms with Gasteiger partial charge < -0.3 is 5.32 Å². The molecule has 0 aliphatic carbocycles. The van der Waals surface area contributed by atoms with Gasteiger partial charge in [0, 0.05) is 39.4 Å². The fraction of sp³-hybridized carbons (Fsp3) is 0.500. The summed E-state index contributed by atoms with van der Waals surface area (Å²) in [6.45, 7) is 3.29. The van der Waals surface area contributed by atoms with E-state index in [2.05, 4.69) is 5.32 Å². The molecule has 0 saturated heterocycles. The van der Waals surface area contributed by atoms with Crippen LogP contribution in [0.1, 0.15) is 18.9 Å². The van der Waals surface area contributed by atoms with E-state index in [1.165, 1.54) is 0 Å². The fourth-order valence-corrected chi connectivity index (χ4v) is 2.55. The van der Waals surface area contributed by atoms with Crippen LogP contribution in [0.5, 0.6) is 0 Å². The molecule has 2 unspecified atom stereocenters. The minimum atomic E-state index is -0.784. The predicted molar refractivity (Wildman–Crippen MR) is 81.3 cm³/mol. The molecule has 2 atom stereocenters. The highest BCUT2D eigenvalue weighted by atomic mass is 35.5. The maximum Gasteiger partial charge on any atom is 0.0652 e.